The Balaban J connectivity index is -0.000000280. The average Bonchev–Trinajstić information content (AvgIpc) is 3.34. The standard InChI is InChI=1S/C19H25NO.C4H11N.C4H10.C3H9N.2C2H6/c1-5-7-10-20-14-18(13-16(20)4)17-8-9-19(15(3)12-17)21-11-6-2;1-2-3-4-5;2*1-3-4-2;2*1-2/h6-9,12,16,18H,1-2,10-11,13-14H2,3-4H3;2-5H2,1H3;3-4H2,1-2H3;4H,3H2,1-2H3;2*1-2H3. The zero-order valence-corrected chi connectivity index (χ0v) is 27.5. The quantitative estimate of drug-likeness (QED) is 0.233. The van der Waals surface area contributed by atoms with Crippen LogP contribution in [-0.2, 0) is 0 Å². The van der Waals surface area contributed by atoms with Gasteiger partial charge >= 0.3 is 0 Å². The van der Waals surface area contributed by atoms with Crippen molar-refractivity contribution in [2.24, 2.45) is 5.73 Å². The maximum atomic E-state index is 5.65. The second-order valence-corrected chi connectivity index (χ2v) is 8.62. The van der Waals surface area contributed by atoms with Crippen molar-refractivity contribution in [1.82, 2.24) is 10.2 Å². The Morgan fingerprint density at radius 2 is 1.68 bits per heavy atom. The van der Waals surface area contributed by atoms with E-state index in [9.17, 15) is 0 Å². The first kappa shape index (κ1) is 43.2. The third-order valence-corrected chi connectivity index (χ3v) is 5.61. The largest absolute Gasteiger partial charge is 0.489 e. The van der Waals surface area contributed by atoms with Gasteiger partial charge in [0.15, 0.2) is 0 Å². The van der Waals surface area contributed by atoms with E-state index in [1.54, 1.807) is 6.08 Å². The summed E-state index contributed by atoms with van der Waals surface area (Å²) in [5, 5.41) is 2.93. The van der Waals surface area contributed by atoms with Gasteiger partial charge in [-0.2, -0.15) is 0 Å². The predicted octanol–water partition coefficient (Wildman–Crippen LogP) is 8.91. The molecule has 0 saturated carbocycles. The lowest BCUT2D eigenvalue weighted by molar-refractivity contribution is 0.297. The molecule has 1 aromatic carbocycles. The molecule has 2 atom stereocenters. The lowest BCUT2D eigenvalue weighted by Gasteiger charge is -2.18. The van der Waals surface area contributed by atoms with E-state index < -0.39 is 0 Å². The molecular weight excluding hydrogens is 466 g/mol. The Kier molecular flexibility index (Phi) is 40.0. The van der Waals surface area contributed by atoms with E-state index >= 15 is 0 Å². The first-order valence-electron chi connectivity index (χ1n) is 15.2. The van der Waals surface area contributed by atoms with Crippen molar-refractivity contribution in [1.29, 1.82) is 0 Å². The van der Waals surface area contributed by atoms with Gasteiger partial charge in [-0.1, -0.05) is 106 Å². The number of unbranched alkanes of at least 4 members (excludes halogenated alkanes) is 2. The van der Waals surface area contributed by atoms with E-state index in [1.165, 1.54) is 43.2 Å². The number of benzene rings is 1. The molecule has 3 N–H and O–H groups in total. The fourth-order valence-corrected chi connectivity index (χ4v) is 3.22. The molecule has 1 fully saturated rings. The maximum Gasteiger partial charge on any atom is 0.122 e. The summed E-state index contributed by atoms with van der Waals surface area (Å²) < 4.78 is 5.65. The zero-order valence-electron chi connectivity index (χ0n) is 27.5. The van der Waals surface area contributed by atoms with Crippen LogP contribution in [0.1, 0.15) is 111 Å². The molecule has 0 amide bonds. The third kappa shape index (κ3) is 24.5. The highest BCUT2D eigenvalue weighted by atomic mass is 16.5. The van der Waals surface area contributed by atoms with Gasteiger partial charge in [-0.3, -0.25) is 4.90 Å². The van der Waals surface area contributed by atoms with E-state index in [0.717, 1.165) is 31.9 Å². The monoisotopic (exact) mass is 534 g/mol. The summed E-state index contributed by atoms with van der Waals surface area (Å²) in [6, 6.07) is 7.17. The zero-order chi connectivity index (χ0) is 30.2. The predicted molar refractivity (Wildman–Crippen MR) is 176 cm³/mol. The second-order valence-electron chi connectivity index (χ2n) is 8.62. The molecule has 1 saturated heterocycles. The highest BCUT2D eigenvalue weighted by molar-refractivity contribution is 5.38. The van der Waals surface area contributed by atoms with Crippen molar-refractivity contribution in [3.05, 3.63) is 60.4 Å². The Bertz CT molecular complexity index is 643. The summed E-state index contributed by atoms with van der Waals surface area (Å²) in [7, 11) is 1.93. The van der Waals surface area contributed by atoms with Crippen molar-refractivity contribution in [2.75, 3.05) is 39.8 Å². The van der Waals surface area contributed by atoms with Gasteiger partial charge in [-0.25, -0.2) is 0 Å². The number of hydrogen-bond donors (Lipinski definition) is 2. The molecule has 1 heterocycles. The van der Waals surface area contributed by atoms with E-state index in [-0.39, 0.29) is 0 Å². The van der Waals surface area contributed by atoms with Crippen LogP contribution in [0.25, 0.3) is 0 Å². The highest BCUT2D eigenvalue weighted by Gasteiger charge is 2.29. The number of nitrogens with two attached hydrogens (primary N) is 1. The number of aryl methyl sites for hydroxylation is 1. The summed E-state index contributed by atoms with van der Waals surface area (Å²) in [5.41, 5.74) is 10.6. The molecule has 0 spiro atoms. The minimum Gasteiger partial charge on any atom is -0.489 e. The van der Waals surface area contributed by atoms with Gasteiger partial charge in [0.1, 0.15) is 12.4 Å². The van der Waals surface area contributed by atoms with Crippen LogP contribution in [0.15, 0.2) is 49.2 Å². The fraction of sp³-hybridized carbons (Fsp3) is 0.676. The van der Waals surface area contributed by atoms with Crippen LogP contribution in [0.2, 0.25) is 0 Å². The molecule has 1 aliphatic heterocycles. The SMILES string of the molecule is C=C=CCN1CC(c2ccc(OCC=C)c(C)c2)CC1C.CC.CC.CCCC.CCCCN.CCNC. The summed E-state index contributed by atoms with van der Waals surface area (Å²) in [4.78, 5) is 2.49. The van der Waals surface area contributed by atoms with Crippen LogP contribution in [-0.4, -0.2) is 50.8 Å². The molecule has 1 aromatic rings. The molecular formula is C34H67N3O. The highest BCUT2D eigenvalue weighted by Crippen LogP contribution is 2.33. The van der Waals surface area contributed by atoms with Crippen LogP contribution in [0.3, 0.4) is 0 Å². The Morgan fingerprint density at radius 1 is 1.11 bits per heavy atom. The Morgan fingerprint density at radius 3 is 2.05 bits per heavy atom. The summed E-state index contributed by atoms with van der Waals surface area (Å²) in [5.74, 6) is 1.56. The van der Waals surface area contributed by atoms with Crippen molar-refractivity contribution in [3.63, 3.8) is 0 Å². The van der Waals surface area contributed by atoms with Crippen LogP contribution in [0, 0.1) is 6.92 Å². The molecule has 224 valence electrons. The van der Waals surface area contributed by atoms with Gasteiger partial charge in [0.05, 0.1) is 0 Å². The molecule has 2 rings (SSSR count). The van der Waals surface area contributed by atoms with Crippen molar-refractivity contribution in [2.45, 2.75) is 113 Å². The molecule has 2 unspecified atom stereocenters. The van der Waals surface area contributed by atoms with Crippen molar-refractivity contribution >= 4 is 0 Å². The van der Waals surface area contributed by atoms with E-state index in [4.69, 9.17) is 10.5 Å². The molecule has 4 nitrogen and oxygen atoms in total. The minimum atomic E-state index is 0.558. The van der Waals surface area contributed by atoms with Gasteiger partial charge in [0.2, 0.25) is 0 Å². The Hall–Kier alpha value is -1.84. The van der Waals surface area contributed by atoms with E-state index in [1.807, 2.05) is 40.8 Å². The molecule has 0 aliphatic carbocycles. The number of nitrogens with zero attached hydrogens (tertiary/aromatic N) is 1. The van der Waals surface area contributed by atoms with Crippen LogP contribution < -0.4 is 15.8 Å². The summed E-state index contributed by atoms with van der Waals surface area (Å²) >= 11 is 0. The molecule has 0 radical (unpaired) electrons. The second kappa shape index (κ2) is 35.2. The number of hydrogen-bond acceptors (Lipinski definition) is 4. The summed E-state index contributed by atoms with van der Waals surface area (Å²) in [6.45, 7) is 32.8. The Labute approximate surface area is 239 Å². The van der Waals surface area contributed by atoms with Crippen LogP contribution >= 0.6 is 0 Å². The van der Waals surface area contributed by atoms with Gasteiger partial charge < -0.3 is 15.8 Å². The topological polar surface area (TPSA) is 50.5 Å². The number of ether oxygens (including phenoxy) is 1. The van der Waals surface area contributed by atoms with Crippen LogP contribution in [0.4, 0.5) is 0 Å². The van der Waals surface area contributed by atoms with Gasteiger partial charge in [0, 0.05) is 19.1 Å². The van der Waals surface area contributed by atoms with E-state index in [2.05, 4.69) is 88.8 Å². The number of likely N-dealkylation sites (tertiary alicyclic amines) is 1. The normalized spacial score (nSPS) is 15.1. The van der Waals surface area contributed by atoms with Crippen molar-refractivity contribution in [3.8, 4) is 5.75 Å². The molecule has 1 aliphatic rings. The smallest absolute Gasteiger partial charge is 0.122 e. The lowest BCUT2D eigenvalue weighted by Crippen LogP contribution is -2.27. The molecule has 0 aromatic heterocycles. The maximum absolute atomic E-state index is 5.65. The molecule has 0 bridgehead atoms. The minimum absolute atomic E-state index is 0.558. The first-order chi connectivity index (χ1) is 18.4. The molecule has 38 heavy (non-hydrogen) atoms. The number of rotatable bonds is 10. The third-order valence-electron chi connectivity index (χ3n) is 5.61. The van der Waals surface area contributed by atoms with Gasteiger partial charge in [-0.15, -0.1) is 5.73 Å². The van der Waals surface area contributed by atoms with E-state index in [0.29, 0.717) is 18.6 Å². The van der Waals surface area contributed by atoms with Crippen LogP contribution in [0.5, 0.6) is 5.75 Å². The average molecular weight is 534 g/mol. The fourth-order valence-electron chi connectivity index (χ4n) is 3.22. The lowest BCUT2D eigenvalue weighted by atomic mass is 9.95. The van der Waals surface area contributed by atoms with Gasteiger partial charge in [-0.05, 0) is 76.0 Å². The number of nitrogens with one attached hydrogen (secondary N) is 1. The van der Waals surface area contributed by atoms with Crippen molar-refractivity contribution < 1.29 is 4.74 Å². The summed E-state index contributed by atoms with van der Waals surface area (Å²) in [6.07, 6.45) is 10.0. The first-order valence-corrected chi connectivity index (χ1v) is 15.2. The molecule has 4 heteroatoms. The van der Waals surface area contributed by atoms with Gasteiger partial charge in [0.25, 0.3) is 0 Å².